The first kappa shape index (κ1) is 12.9. The summed E-state index contributed by atoms with van der Waals surface area (Å²) in [6.07, 6.45) is 0.445. The van der Waals surface area contributed by atoms with Crippen LogP contribution in [-0.2, 0) is 14.2 Å². The molecule has 0 aromatic heterocycles. The maximum atomic E-state index is 9.42. The number of ether oxygens (including phenoxy) is 3. The highest BCUT2D eigenvalue weighted by Crippen LogP contribution is 2.26. The molecule has 0 saturated heterocycles. The summed E-state index contributed by atoms with van der Waals surface area (Å²) >= 11 is 0. The van der Waals surface area contributed by atoms with Crippen LogP contribution in [0.15, 0.2) is 0 Å². The Morgan fingerprint density at radius 3 is 2.53 bits per heavy atom. The molecule has 3 atom stereocenters. The molecule has 0 heterocycles. The maximum Gasteiger partial charge on any atom is 0.110 e. The number of hydrogen-bond acceptors (Lipinski definition) is 4. The van der Waals surface area contributed by atoms with Crippen molar-refractivity contribution in [2.24, 2.45) is 0 Å². The summed E-state index contributed by atoms with van der Waals surface area (Å²) in [7, 11) is 0. The van der Waals surface area contributed by atoms with E-state index in [0.29, 0.717) is 26.2 Å². The minimum absolute atomic E-state index is 0.0377. The normalized spacial score (nSPS) is 30.6. The second-order valence-corrected chi connectivity index (χ2v) is 4.05. The van der Waals surface area contributed by atoms with E-state index in [1.165, 1.54) is 0 Å². The van der Waals surface area contributed by atoms with Gasteiger partial charge in [-0.3, -0.25) is 0 Å². The van der Waals surface area contributed by atoms with Gasteiger partial charge in [0.25, 0.3) is 0 Å². The Labute approximate surface area is 91.5 Å². The van der Waals surface area contributed by atoms with E-state index in [1.807, 2.05) is 20.8 Å². The Hall–Kier alpha value is -0.160. The summed E-state index contributed by atoms with van der Waals surface area (Å²) in [5.74, 6) is 0. The SMILES string of the molecule is CCOC1C(O)CC1OCCOC(C)C. The van der Waals surface area contributed by atoms with Gasteiger partial charge in [0, 0.05) is 13.0 Å². The maximum absolute atomic E-state index is 9.42. The zero-order chi connectivity index (χ0) is 11.3. The Balaban J connectivity index is 2.06. The number of aliphatic hydroxyl groups excluding tert-OH is 1. The number of rotatable bonds is 7. The van der Waals surface area contributed by atoms with E-state index in [-0.39, 0.29) is 24.4 Å². The van der Waals surface area contributed by atoms with Gasteiger partial charge in [0.05, 0.1) is 31.5 Å². The molecule has 90 valence electrons. The third kappa shape index (κ3) is 4.07. The van der Waals surface area contributed by atoms with Crippen molar-refractivity contribution in [3.05, 3.63) is 0 Å². The van der Waals surface area contributed by atoms with E-state index in [1.54, 1.807) is 0 Å². The van der Waals surface area contributed by atoms with Crippen molar-refractivity contribution < 1.29 is 19.3 Å². The molecule has 1 fully saturated rings. The van der Waals surface area contributed by atoms with Gasteiger partial charge in [-0.2, -0.15) is 0 Å². The van der Waals surface area contributed by atoms with Gasteiger partial charge in [0.2, 0.25) is 0 Å². The highest BCUT2D eigenvalue weighted by Gasteiger charge is 2.41. The van der Waals surface area contributed by atoms with Gasteiger partial charge < -0.3 is 19.3 Å². The topological polar surface area (TPSA) is 47.9 Å². The van der Waals surface area contributed by atoms with Crippen molar-refractivity contribution in [1.82, 2.24) is 0 Å². The first-order valence-corrected chi connectivity index (χ1v) is 5.68. The lowest BCUT2D eigenvalue weighted by atomic mass is 9.88. The fraction of sp³-hybridized carbons (Fsp3) is 1.00. The average Bonchev–Trinajstić information content (AvgIpc) is 2.18. The van der Waals surface area contributed by atoms with E-state index in [2.05, 4.69) is 0 Å². The molecule has 1 aliphatic rings. The van der Waals surface area contributed by atoms with Crippen molar-refractivity contribution in [3.63, 3.8) is 0 Å². The standard InChI is InChI=1S/C11H22O4/c1-4-13-11-9(12)7-10(11)15-6-5-14-8(2)3/h8-12H,4-7H2,1-3H3. The van der Waals surface area contributed by atoms with Crippen molar-refractivity contribution in [2.75, 3.05) is 19.8 Å². The van der Waals surface area contributed by atoms with Crippen molar-refractivity contribution >= 4 is 0 Å². The monoisotopic (exact) mass is 218 g/mol. The number of aliphatic hydroxyl groups is 1. The molecule has 4 nitrogen and oxygen atoms in total. The van der Waals surface area contributed by atoms with Crippen LogP contribution in [0, 0.1) is 0 Å². The van der Waals surface area contributed by atoms with Crippen molar-refractivity contribution in [3.8, 4) is 0 Å². The molecular formula is C11H22O4. The van der Waals surface area contributed by atoms with Crippen LogP contribution in [-0.4, -0.2) is 49.3 Å². The molecule has 0 spiro atoms. The van der Waals surface area contributed by atoms with Crippen LogP contribution >= 0.6 is 0 Å². The summed E-state index contributed by atoms with van der Waals surface area (Å²) in [5.41, 5.74) is 0. The fourth-order valence-electron chi connectivity index (χ4n) is 1.62. The third-order valence-corrected chi connectivity index (χ3v) is 2.45. The largest absolute Gasteiger partial charge is 0.390 e. The first-order chi connectivity index (χ1) is 7.15. The van der Waals surface area contributed by atoms with Gasteiger partial charge in [-0.1, -0.05) is 0 Å². The molecular weight excluding hydrogens is 196 g/mol. The van der Waals surface area contributed by atoms with Crippen molar-refractivity contribution in [1.29, 1.82) is 0 Å². The molecule has 4 heteroatoms. The Bertz CT molecular complexity index is 172. The predicted molar refractivity (Wildman–Crippen MR) is 56.9 cm³/mol. The van der Waals surface area contributed by atoms with E-state index >= 15 is 0 Å². The van der Waals surface area contributed by atoms with Crippen LogP contribution in [0.25, 0.3) is 0 Å². The zero-order valence-electron chi connectivity index (χ0n) is 9.81. The first-order valence-electron chi connectivity index (χ1n) is 5.68. The van der Waals surface area contributed by atoms with E-state index in [4.69, 9.17) is 14.2 Å². The van der Waals surface area contributed by atoms with Crippen LogP contribution in [0.2, 0.25) is 0 Å². The lowest BCUT2D eigenvalue weighted by molar-refractivity contribution is -0.194. The lowest BCUT2D eigenvalue weighted by Crippen LogP contribution is -2.53. The summed E-state index contributed by atoms with van der Waals surface area (Å²) in [4.78, 5) is 0. The van der Waals surface area contributed by atoms with Crippen molar-refractivity contribution in [2.45, 2.75) is 51.6 Å². The minimum atomic E-state index is -0.360. The average molecular weight is 218 g/mol. The fourth-order valence-corrected chi connectivity index (χ4v) is 1.62. The second-order valence-electron chi connectivity index (χ2n) is 4.05. The minimum Gasteiger partial charge on any atom is -0.390 e. The van der Waals surface area contributed by atoms with E-state index in [0.717, 1.165) is 0 Å². The molecule has 0 aromatic rings. The Kier molecular flexibility index (Phi) is 5.53. The molecule has 1 N–H and O–H groups in total. The molecule has 0 aliphatic heterocycles. The molecule has 3 unspecified atom stereocenters. The molecule has 1 aliphatic carbocycles. The number of hydrogen-bond donors (Lipinski definition) is 1. The molecule has 0 aromatic carbocycles. The van der Waals surface area contributed by atoms with Gasteiger partial charge in [-0.15, -0.1) is 0 Å². The second kappa shape index (κ2) is 6.43. The van der Waals surface area contributed by atoms with Gasteiger partial charge in [0.15, 0.2) is 0 Å². The van der Waals surface area contributed by atoms with Crippen LogP contribution in [0.1, 0.15) is 27.2 Å². The molecule has 0 radical (unpaired) electrons. The molecule has 1 saturated carbocycles. The van der Waals surface area contributed by atoms with Gasteiger partial charge in [-0.05, 0) is 20.8 Å². The predicted octanol–water partition coefficient (Wildman–Crippen LogP) is 0.966. The highest BCUT2D eigenvalue weighted by atomic mass is 16.6. The summed E-state index contributed by atoms with van der Waals surface area (Å²) < 4.78 is 16.3. The van der Waals surface area contributed by atoms with Gasteiger partial charge >= 0.3 is 0 Å². The lowest BCUT2D eigenvalue weighted by Gasteiger charge is -2.40. The summed E-state index contributed by atoms with van der Waals surface area (Å²) in [5, 5.41) is 9.42. The third-order valence-electron chi connectivity index (χ3n) is 2.45. The summed E-state index contributed by atoms with van der Waals surface area (Å²) in [6, 6.07) is 0. The zero-order valence-corrected chi connectivity index (χ0v) is 9.81. The van der Waals surface area contributed by atoms with E-state index in [9.17, 15) is 5.11 Å². The quantitative estimate of drug-likeness (QED) is 0.647. The van der Waals surface area contributed by atoms with Gasteiger partial charge in [0.1, 0.15) is 6.10 Å². The smallest absolute Gasteiger partial charge is 0.110 e. The highest BCUT2D eigenvalue weighted by molar-refractivity contribution is 4.91. The van der Waals surface area contributed by atoms with E-state index < -0.39 is 0 Å². The Morgan fingerprint density at radius 2 is 2.00 bits per heavy atom. The molecule has 0 amide bonds. The molecule has 15 heavy (non-hydrogen) atoms. The molecule has 1 rings (SSSR count). The molecule has 0 bridgehead atoms. The van der Waals surface area contributed by atoms with Crippen LogP contribution in [0.3, 0.4) is 0 Å². The summed E-state index contributed by atoms with van der Waals surface area (Å²) in [6.45, 7) is 7.70. The van der Waals surface area contributed by atoms with Crippen LogP contribution in [0.4, 0.5) is 0 Å². The van der Waals surface area contributed by atoms with Gasteiger partial charge in [-0.25, -0.2) is 0 Å². The Morgan fingerprint density at radius 1 is 1.27 bits per heavy atom. The van der Waals surface area contributed by atoms with Crippen LogP contribution < -0.4 is 0 Å². The van der Waals surface area contributed by atoms with Crippen LogP contribution in [0.5, 0.6) is 0 Å².